The van der Waals surface area contributed by atoms with Gasteiger partial charge in [0.05, 0.1) is 6.54 Å². The molecule has 1 unspecified atom stereocenters. The fourth-order valence-corrected chi connectivity index (χ4v) is 3.88. The molecule has 2 saturated heterocycles. The minimum atomic E-state index is -0.0803. The zero-order chi connectivity index (χ0) is 19.1. The van der Waals surface area contributed by atoms with E-state index in [2.05, 4.69) is 25.8 Å². The summed E-state index contributed by atoms with van der Waals surface area (Å²) in [5.41, 5.74) is 0.692. The number of rotatable bonds is 5. The van der Waals surface area contributed by atoms with Crippen molar-refractivity contribution in [1.82, 2.24) is 20.9 Å². The maximum absolute atomic E-state index is 12.1. The number of carbonyl (C=O) groups excluding carboxylic acids is 2. The van der Waals surface area contributed by atoms with Gasteiger partial charge in [-0.2, -0.15) is 0 Å². The number of aliphatic imine (C=N–C) groups is 1. The first-order valence-corrected chi connectivity index (χ1v) is 9.75. The lowest BCUT2D eigenvalue weighted by Gasteiger charge is -2.40. The predicted octanol–water partition coefficient (Wildman–Crippen LogP) is 0.984. The van der Waals surface area contributed by atoms with Crippen LogP contribution in [0.2, 0.25) is 0 Å². The lowest BCUT2D eigenvalue weighted by atomic mass is 9.79. The zero-order valence-corrected chi connectivity index (χ0v) is 16.0. The van der Waals surface area contributed by atoms with Crippen molar-refractivity contribution < 1.29 is 9.59 Å². The molecule has 0 aromatic heterocycles. The average molecular weight is 371 g/mol. The molecule has 2 amide bonds. The van der Waals surface area contributed by atoms with Gasteiger partial charge in [-0.25, -0.2) is 0 Å². The van der Waals surface area contributed by atoms with E-state index in [1.165, 1.54) is 0 Å². The molecule has 1 aromatic carbocycles. The van der Waals surface area contributed by atoms with Gasteiger partial charge in [0.2, 0.25) is 5.91 Å². The second-order valence-electron chi connectivity index (χ2n) is 7.34. The monoisotopic (exact) mass is 371 g/mol. The number of nitrogens with one attached hydrogen (secondary N) is 3. The Kier molecular flexibility index (Phi) is 6.32. The predicted molar refractivity (Wildman–Crippen MR) is 106 cm³/mol. The van der Waals surface area contributed by atoms with Crippen molar-refractivity contribution in [3.05, 3.63) is 35.9 Å². The van der Waals surface area contributed by atoms with Crippen molar-refractivity contribution in [2.24, 2.45) is 10.4 Å². The highest BCUT2D eigenvalue weighted by Crippen LogP contribution is 2.35. The van der Waals surface area contributed by atoms with Crippen LogP contribution in [0, 0.1) is 5.41 Å². The van der Waals surface area contributed by atoms with Crippen LogP contribution in [0.15, 0.2) is 35.3 Å². The van der Waals surface area contributed by atoms with Gasteiger partial charge >= 0.3 is 0 Å². The lowest BCUT2D eigenvalue weighted by Crippen LogP contribution is -2.51. The molecule has 3 rings (SSSR count). The van der Waals surface area contributed by atoms with Crippen molar-refractivity contribution in [3.63, 3.8) is 0 Å². The fourth-order valence-electron chi connectivity index (χ4n) is 3.88. The Bertz CT molecular complexity index is 691. The van der Waals surface area contributed by atoms with E-state index >= 15 is 0 Å². The van der Waals surface area contributed by atoms with Crippen molar-refractivity contribution >= 4 is 17.8 Å². The highest BCUT2D eigenvalue weighted by Gasteiger charge is 2.42. The highest BCUT2D eigenvalue weighted by molar-refractivity contribution is 5.94. The van der Waals surface area contributed by atoms with E-state index in [0.29, 0.717) is 25.1 Å². The normalized spacial score (nSPS) is 22.6. The third-order valence-electron chi connectivity index (χ3n) is 5.19. The Labute approximate surface area is 160 Å². The Morgan fingerprint density at radius 2 is 2.11 bits per heavy atom. The smallest absolute Gasteiger partial charge is 0.251 e. The molecule has 0 aliphatic carbocycles. The van der Waals surface area contributed by atoms with Gasteiger partial charge in [-0.15, -0.1) is 0 Å². The number of piperidine rings is 1. The van der Waals surface area contributed by atoms with E-state index in [-0.39, 0.29) is 17.2 Å². The van der Waals surface area contributed by atoms with Crippen LogP contribution < -0.4 is 16.0 Å². The standard InChI is InChI=1S/C20H29N5O2/c1-2-21-19(23-11-10-22-18(27)16-7-4-3-5-8-16)25-12-6-9-20(15-25)13-17(26)24-14-20/h3-5,7-8H,2,6,9-15H2,1H3,(H,21,23)(H,22,27)(H,24,26). The topological polar surface area (TPSA) is 85.8 Å². The van der Waals surface area contributed by atoms with Crippen LogP contribution in [0.25, 0.3) is 0 Å². The second kappa shape index (κ2) is 8.88. The maximum Gasteiger partial charge on any atom is 0.251 e. The summed E-state index contributed by atoms with van der Waals surface area (Å²) >= 11 is 0. The molecule has 2 aliphatic rings. The van der Waals surface area contributed by atoms with Gasteiger partial charge in [0.25, 0.3) is 5.91 Å². The molecule has 0 saturated carbocycles. The fraction of sp³-hybridized carbons (Fsp3) is 0.550. The van der Waals surface area contributed by atoms with Crippen LogP contribution >= 0.6 is 0 Å². The third-order valence-corrected chi connectivity index (χ3v) is 5.19. The van der Waals surface area contributed by atoms with E-state index in [4.69, 9.17) is 0 Å². The molecule has 7 heteroatoms. The molecule has 2 aliphatic heterocycles. The quantitative estimate of drug-likeness (QED) is 0.409. The van der Waals surface area contributed by atoms with E-state index in [9.17, 15) is 9.59 Å². The van der Waals surface area contributed by atoms with E-state index in [1.807, 2.05) is 25.1 Å². The summed E-state index contributed by atoms with van der Waals surface area (Å²) in [7, 11) is 0. The molecular weight excluding hydrogens is 342 g/mol. The van der Waals surface area contributed by atoms with Gasteiger partial charge in [-0.3, -0.25) is 14.6 Å². The largest absolute Gasteiger partial charge is 0.357 e. The van der Waals surface area contributed by atoms with Gasteiger partial charge in [-0.1, -0.05) is 18.2 Å². The number of hydrogen-bond donors (Lipinski definition) is 3. The summed E-state index contributed by atoms with van der Waals surface area (Å²) < 4.78 is 0. The third kappa shape index (κ3) is 4.99. The molecular formula is C20H29N5O2. The van der Waals surface area contributed by atoms with Crippen molar-refractivity contribution in [2.75, 3.05) is 39.3 Å². The van der Waals surface area contributed by atoms with Crippen molar-refractivity contribution in [3.8, 4) is 0 Å². The average Bonchev–Trinajstić information content (AvgIpc) is 3.04. The minimum Gasteiger partial charge on any atom is -0.357 e. The number of likely N-dealkylation sites (tertiary alicyclic amines) is 1. The van der Waals surface area contributed by atoms with Crippen LogP contribution in [-0.4, -0.2) is 61.9 Å². The van der Waals surface area contributed by atoms with Crippen LogP contribution in [0.3, 0.4) is 0 Å². The molecule has 27 heavy (non-hydrogen) atoms. The molecule has 1 atom stereocenters. The molecule has 1 spiro atoms. The maximum atomic E-state index is 12.1. The summed E-state index contributed by atoms with van der Waals surface area (Å²) in [5.74, 6) is 0.940. The number of guanidine groups is 1. The summed E-state index contributed by atoms with van der Waals surface area (Å²) in [5, 5.41) is 9.23. The molecule has 7 nitrogen and oxygen atoms in total. The number of benzene rings is 1. The number of nitrogens with zero attached hydrogens (tertiary/aromatic N) is 2. The summed E-state index contributed by atoms with van der Waals surface area (Å²) in [4.78, 5) is 30.7. The summed E-state index contributed by atoms with van der Waals surface area (Å²) in [6, 6.07) is 9.19. The summed E-state index contributed by atoms with van der Waals surface area (Å²) in [6.07, 6.45) is 2.74. The minimum absolute atomic E-state index is 0.0348. The Balaban J connectivity index is 1.54. The molecule has 2 fully saturated rings. The van der Waals surface area contributed by atoms with E-state index < -0.39 is 0 Å². The number of carbonyl (C=O) groups is 2. The molecule has 2 heterocycles. The van der Waals surface area contributed by atoms with Crippen LogP contribution in [0.5, 0.6) is 0 Å². The first-order chi connectivity index (χ1) is 13.1. The van der Waals surface area contributed by atoms with E-state index in [1.54, 1.807) is 12.1 Å². The Morgan fingerprint density at radius 3 is 2.81 bits per heavy atom. The first kappa shape index (κ1) is 19.2. The highest BCUT2D eigenvalue weighted by atomic mass is 16.2. The van der Waals surface area contributed by atoms with Crippen molar-refractivity contribution in [2.45, 2.75) is 26.2 Å². The number of hydrogen-bond acceptors (Lipinski definition) is 3. The first-order valence-electron chi connectivity index (χ1n) is 9.75. The van der Waals surface area contributed by atoms with Crippen LogP contribution in [0.1, 0.15) is 36.5 Å². The molecule has 0 bridgehead atoms. The van der Waals surface area contributed by atoms with Gasteiger partial charge in [0, 0.05) is 50.1 Å². The van der Waals surface area contributed by atoms with Gasteiger partial charge in [-0.05, 0) is 31.9 Å². The SMILES string of the molecule is CCNC(=NCCNC(=O)c1ccccc1)N1CCCC2(CNC(=O)C2)C1. The number of amides is 2. The Morgan fingerprint density at radius 1 is 1.30 bits per heavy atom. The van der Waals surface area contributed by atoms with E-state index in [0.717, 1.165) is 45.0 Å². The molecule has 0 radical (unpaired) electrons. The van der Waals surface area contributed by atoms with Gasteiger partial charge in [0.1, 0.15) is 0 Å². The zero-order valence-electron chi connectivity index (χ0n) is 16.0. The molecule has 146 valence electrons. The van der Waals surface area contributed by atoms with Crippen LogP contribution in [0.4, 0.5) is 0 Å². The molecule has 1 aromatic rings. The Hall–Kier alpha value is -2.57. The summed E-state index contributed by atoms with van der Waals surface area (Å²) in [6.45, 7) is 6.38. The van der Waals surface area contributed by atoms with Crippen LogP contribution in [-0.2, 0) is 4.79 Å². The van der Waals surface area contributed by atoms with Crippen molar-refractivity contribution in [1.29, 1.82) is 0 Å². The van der Waals surface area contributed by atoms with Gasteiger partial charge in [0.15, 0.2) is 5.96 Å². The van der Waals surface area contributed by atoms with Gasteiger partial charge < -0.3 is 20.9 Å². The molecule has 3 N–H and O–H groups in total. The lowest BCUT2D eigenvalue weighted by molar-refractivity contribution is -0.119. The second-order valence-corrected chi connectivity index (χ2v) is 7.34.